The number of hydrogen-bond acceptors (Lipinski definition) is 7. The zero-order valence-corrected chi connectivity index (χ0v) is 56.0. The number of ether oxygens (including phenoxy) is 1. The molecule has 482 valence electrons. The van der Waals surface area contributed by atoms with Crippen molar-refractivity contribution >= 4 is 19.7 Å². The highest BCUT2D eigenvalue weighted by molar-refractivity contribution is 7.45. The van der Waals surface area contributed by atoms with Crippen LogP contribution in [0.3, 0.4) is 0 Å². The SMILES string of the molecule is CC/C=C\C/C=C\C/C=C\C/C=C\C/C=C\C/C=C\CCCCCCCCCCC(=O)NC(COP(=O)([O-])OCC[N+](C)(C)C)C(/C=C\CCCCCCCCCCCC)OC(=O)CCCCCCCC/C=C\C/C=C\C/C=C\CCCCC. The minimum atomic E-state index is -4.72. The third kappa shape index (κ3) is 62.9. The topological polar surface area (TPSA) is 114 Å². The average molecular weight is 1190 g/mol. The van der Waals surface area contributed by atoms with Crippen molar-refractivity contribution in [2.24, 2.45) is 0 Å². The van der Waals surface area contributed by atoms with E-state index in [0.29, 0.717) is 23.9 Å². The summed E-state index contributed by atoms with van der Waals surface area (Å²) < 4.78 is 30.4. The van der Waals surface area contributed by atoms with Crippen LogP contribution in [0, 0.1) is 0 Å². The second-order valence-corrected chi connectivity index (χ2v) is 25.4. The molecule has 3 atom stereocenters. The summed E-state index contributed by atoms with van der Waals surface area (Å²) in [5.41, 5.74) is 0. The number of allylic oxidation sites excluding steroid dienone is 19. The Bertz CT molecular complexity index is 1850. The maximum Gasteiger partial charge on any atom is 0.306 e. The largest absolute Gasteiger partial charge is 0.756 e. The molecule has 0 aromatic carbocycles. The second-order valence-electron chi connectivity index (χ2n) is 23.9. The summed E-state index contributed by atoms with van der Waals surface area (Å²) >= 11 is 0. The van der Waals surface area contributed by atoms with Crippen molar-refractivity contribution in [2.45, 2.75) is 296 Å². The van der Waals surface area contributed by atoms with E-state index in [1.54, 1.807) is 0 Å². The number of hydrogen-bond donors (Lipinski definition) is 1. The number of esters is 1. The molecule has 0 saturated heterocycles. The fourth-order valence-corrected chi connectivity index (χ4v) is 10.1. The van der Waals surface area contributed by atoms with Crippen LogP contribution in [0.1, 0.15) is 284 Å². The summed E-state index contributed by atoms with van der Waals surface area (Å²) in [5.74, 6) is -0.569. The highest BCUT2D eigenvalue weighted by atomic mass is 31.2. The number of rotatable bonds is 61. The van der Waals surface area contributed by atoms with Crippen LogP contribution in [0.15, 0.2) is 122 Å². The van der Waals surface area contributed by atoms with Gasteiger partial charge in [-0.3, -0.25) is 14.2 Å². The van der Waals surface area contributed by atoms with E-state index in [4.69, 9.17) is 13.8 Å². The molecule has 0 heterocycles. The molecule has 0 aromatic rings. The van der Waals surface area contributed by atoms with Gasteiger partial charge in [0.05, 0.1) is 33.8 Å². The number of quaternary nitrogens is 1. The highest BCUT2D eigenvalue weighted by Gasteiger charge is 2.27. The van der Waals surface area contributed by atoms with Crippen molar-refractivity contribution in [3.05, 3.63) is 122 Å². The molecule has 0 bridgehead atoms. The molecule has 0 radical (unpaired) electrons. The van der Waals surface area contributed by atoms with E-state index >= 15 is 0 Å². The number of nitrogens with one attached hydrogen (secondary N) is 1. The molecule has 1 N–H and O–H groups in total. The molecule has 0 rings (SSSR count). The van der Waals surface area contributed by atoms with Gasteiger partial charge < -0.3 is 28.5 Å². The van der Waals surface area contributed by atoms with Crippen molar-refractivity contribution in [1.82, 2.24) is 5.32 Å². The lowest BCUT2D eigenvalue weighted by molar-refractivity contribution is -0.870. The normalized spacial score (nSPS) is 14.3. The van der Waals surface area contributed by atoms with Gasteiger partial charge >= 0.3 is 5.97 Å². The molecular weight excluding hydrogens is 1060 g/mol. The molecule has 0 aliphatic heterocycles. The van der Waals surface area contributed by atoms with E-state index < -0.39 is 26.6 Å². The maximum absolute atomic E-state index is 13.6. The Balaban J connectivity index is 5.15. The number of nitrogens with zero attached hydrogens (tertiary/aromatic N) is 1. The average Bonchev–Trinajstić information content (AvgIpc) is 3.64. The van der Waals surface area contributed by atoms with Crippen LogP contribution in [0.25, 0.3) is 0 Å². The molecule has 3 unspecified atom stereocenters. The van der Waals surface area contributed by atoms with Gasteiger partial charge in [0, 0.05) is 12.8 Å². The fraction of sp³-hybridized carbons (Fsp3) is 0.703. The molecule has 1 amide bonds. The number of amides is 1. The standard InChI is InChI=1S/C74H129N2O7P/c1-7-10-13-16-19-22-25-28-30-32-34-35-36-37-38-39-40-41-43-44-46-48-51-54-57-60-63-66-73(77)75-71(70-82-84(79,80)81-69-68-76(4,5)6)72(65-62-59-56-53-50-27-24-21-18-15-12-9-3)83-74(78)67-64-61-58-55-52-49-47-45-42-33-31-29-26-23-20-17-14-11-8-2/h10,13,19-20,22-23,28-31,34-35,37-38,40-42,45,62,65,71-72H,7-9,11-12,14-18,21,24-27,32-33,36,39,43-44,46-61,63-64,66-70H2,1-6H3,(H-,75,77,79,80)/b13-10-,22-19-,23-20-,30-28-,31-29-,35-34-,38-37-,41-40-,45-42-,65-62-. The first-order valence-corrected chi connectivity index (χ1v) is 35.8. The highest BCUT2D eigenvalue weighted by Crippen LogP contribution is 2.38. The van der Waals surface area contributed by atoms with Crippen molar-refractivity contribution in [3.63, 3.8) is 0 Å². The molecule has 0 fully saturated rings. The van der Waals surface area contributed by atoms with Crippen molar-refractivity contribution in [1.29, 1.82) is 0 Å². The summed E-state index contributed by atoms with van der Waals surface area (Å²) in [6, 6.07) is -0.907. The predicted octanol–water partition coefficient (Wildman–Crippen LogP) is 21.2. The maximum atomic E-state index is 13.6. The Morgan fingerprint density at radius 1 is 0.429 bits per heavy atom. The summed E-state index contributed by atoms with van der Waals surface area (Å²) in [7, 11) is 1.16. The van der Waals surface area contributed by atoms with E-state index in [2.05, 4.69) is 135 Å². The molecular formula is C74H129N2O7P. The van der Waals surface area contributed by atoms with E-state index in [1.165, 1.54) is 103 Å². The molecule has 0 aliphatic rings. The Morgan fingerprint density at radius 2 is 0.762 bits per heavy atom. The molecule has 0 saturated carbocycles. The van der Waals surface area contributed by atoms with Gasteiger partial charge in [0.15, 0.2) is 0 Å². The van der Waals surface area contributed by atoms with Crippen molar-refractivity contribution in [2.75, 3.05) is 40.9 Å². The lowest BCUT2D eigenvalue weighted by Gasteiger charge is -2.30. The minimum absolute atomic E-state index is 0.0323. The zero-order valence-electron chi connectivity index (χ0n) is 55.1. The monoisotopic (exact) mass is 1190 g/mol. The Hall–Kier alpha value is -3.59. The zero-order chi connectivity index (χ0) is 61.4. The summed E-state index contributed by atoms with van der Waals surface area (Å²) in [5, 5.41) is 3.03. The van der Waals surface area contributed by atoms with Gasteiger partial charge in [0.2, 0.25) is 5.91 Å². The van der Waals surface area contributed by atoms with E-state index in [1.807, 2.05) is 33.3 Å². The van der Waals surface area contributed by atoms with Crippen LogP contribution in [-0.4, -0.2) is 69.4 Å². The lowest BCUT2D eigenvalue weighted by Crippen LogP contribution is -2.47. The van der Waals surface area contributed by atoms with Gasteiger partial charge in [-0.25, -0.2) is 0 Å². The van der Waals surface area contributed by atoms with E-state index in [-0.39, 0.29) is 24.9 Å². The number of carbonyl (C=O) groups excluding carboxylic acids is 2. The van der Waals surface area contributed by atoms with E-state index in [9.17, 15) is 19.0 Å². The van der Waals surface area contributed by atoms with Crippen molar-refractivity contribution in [3.8, 4) is 0 Å². The number of carbonyl (C=O) groups is 2. The second kappa shape index (κ2) is 62.5. The van der Waals surface area contributed by atoms with Crippen LogP contribution in [0.4, 0.5) is 0 Å². The molecule has 0 spiro atoms. The van der Waals surface area contributed by atoms with Crippen LogP contribution in [0.2, 0.25) is 0 Å². The van der Waals surface area contributed by atoms with Crippen LogP contribution in [0.5, 0.6) is 0 Å². The predicted molar refractivity (Wildman–Crippen MR) is 362 cm³/mol. The smallest absolute Gasteiger partial charge is 0.306 e. The van der Waals surface area contributed by atoms with Crippen LogP contribution in [-0.2, 0) is 27.9 Å². The summed E-state index contributed by atoms with van der Waals surface area (Å²) in [4.78, 5) is 40.1. The molecule has 0 aromatic heterocycles. The first-order chi connectivity index (χ1) is 40.9. The first kappa shape index (κ1) is 80.4. The van der Waals surface area contributed by atoms with Gasteiger partial charge in [-0.2, -0.15) is 0 Å². The van der Waals surface area contributed by atoms with Gasteiger partial charge in [-0.1, -0.05) is 271 Å². The summed E-state index contributed by atoms with van der Waals surface area (Å²) in [6.07, 6.45) is 87.4. The first-order valence-electron chi connectivity index (χ1n) is 34.3. The Kier molecular flexibility index (Phi) is 59.8. The summed E-state index contributed by atoms with van der Waals surface area (Å²) in [6.45, 7) is 6.69. The van der Waals surface area contributed by atoms with Crippen LogP contribution >= 0.6 is 7.82 Å². The molecule has 9 nitrogen and oxygen atoms in total. The van der Waals surface area contributed by atoms with Gasteiger partial charge in [-0.05, 0) is 122 Å². The fourth-order valence-electron chi connectivity index (χ4n) is 9.36. The molecule has 10 heteroatoms. The van der Waals surface area contributed by atoms with Crippen LogP contribution < -0.4 is 10.2 Å². The number of unbranched alkanes of at least 4 members (excludes halogenated alkanes) is 27. The number of likely N-dealkylation sites (N-methyl/N-ethyl adjacent to an activating group) is 1. The third-order valence-electron chi connectivity index (χ3n) is 14.6. The molecule has 0 aliphatic carbocycles. The van der Waals surface area contributed by atoms with Gasteiger partial charge in [-0.15, -0.1) is 0 Å². The van der Waals surface area contributed by atoms with E-state index in [0.717, 1.165) is 141 Å². The third-order valence-corrected chi connectivity index (χ3v) is 15.6. The lowest BCUT2D eigenvalue weighted by atomic mass is 10.0. The van der Waals surface area contributed by atoms with Gasteiger partial charge in [0.25, 0.3) is 7.82 Å². The Morgan fingerprint density at radius 3 is 1.17 bits per heavy atom. The van der Waals surface area contributed by atoms with Gasteiger partial charge in [0.1, 0.15) is 19.3 Å². The Labute approximate surface area is 518 Å². The quantitative estimate of drug-likeness (QED) is 0.0212. The molecule has 84 heavy (non-hydrogen) atoms. The van der Waals surface area contributed by atoms with Crippen molar-refractivity contribution < 1.29 is 37.3 Å². The number of phosphoric ester groups is 1. The minimum Gasteiger partial charge on any atom is -0.756 e. The number of phosphoric acid groups is 1.